The van der Waals surface area contributed by atoms with Gasteiger partial charge in [-0.1, -0.05) is 60.1 Å². The number of alkyl halides is 3. The van der Waals surface area contributed by atoms with Crippen molar-refractivity contribution in [2.75, 3.05) is 0 Å². The number of aliphatic hydroxyl groups is 1. The minimum Gasteiger partial charge on any atom is -0.384 e. The molecular formula is C20H14ClF3O. The van der Waals surface area contributed by atoms with Crippen molar-refractivity contribution in [2.45, 2.75) is 12.3 Å². The topological polar surface area (TPSA) is 20.2 Å². The minimum atomic E-state index is -4.46. The zero-order valence-electron chi connectivity index (χ0n) is 13.0. The fourth-order valence-electron chi connectivity index (χ4n) is 2.67. The Morgan fingerprint density at radius 3 is 2.08 bits per heavy atom. The molecule has 1 unspecified atom stereocenters. The van der Waals surface area contributed by atoms with Crippen molar-refractivity contribution in [3.8, 4) is 11.1 Å². The molecule has 0 aliphatic carbocycles. The smallest absolute Gasteiger partial charge is 0.384 e. The molecule has 0 spiro atoms. The highest BCUT2D eigenvalue weighted by atomic mass is 35.5. The molecule has 0 aliphatic heterocycles. The molecule has 0 saturated carbocycles. The van der Waals surface area contributed by atoms with Gasteiger partial charge in [0.25, 0.3) is 0 Å². The Morgan fingerprint density at radius 2 is 1.48 bits per heavy atom. The van der Waals surface area contributed by atoms with E-state index in [4.69, 9.17) is 11.6 Å². The van der Waals surface area contributed by atoms with Crippen molar-refractivity contribution >= 4 is 11.6 Å². The van der Waals surface area contributed by atoms with Crippen LogP contribution in [0, 0.1) is 0 Å². The first-order valence-corrected chi connectivity index (χ1v) is 7.94. The highest BCUT2D eigenvalue weighted by Crippen LogP contribution is 2.37. The molecule has 0 fully saturated rings. The molecule has 5 heteroatoms. The second-order valence-electron chi connectivity index (χ2n) is 5.62. The van der Waals surface area contributed by atoms with Gasteiger partial charge in [0, 0.05) is 5.02 Å². The van der Waals surface area contributed by atoms with Crippen LogP contribution in [0.1, 0.15) is 22.8 Å². The van der Waals surface area contributed by atoms with Gasteiger partial charge in [0.1, 0.15) is 6.10 Å². The second kappa shape index (κ2) is 6.90. The SMILES string of the molecule is OC(c1ccccc1)c1ccc(C(F)(F)F)cc1-c1ccc(Cl)cc1. The second-order valence-corrected chi connectivity index (χ2v) is 6.06. The van der Waals surface area contributed by atoms with E-state index < -0.39 is 17.8 Å². The van der Waals surface area contributed by atoms with E-state index in [1.165, 1.54) is 6.07 Å². The maximum absolute atomic E-state index is 13.1. The summed E-state index contributed by atoms with van der Waals surface area (Å²) < 4.78 is 39.4. The van der Waals surface area contributed by atoms with E-state index >= 15 is 0 Å². The Labute approximate surface area is 148 Å². The van der Waals surface area contributed by atoms with Gasteiger partial charge in [0.05, 0.1) is 5.56 Å². The van der Waals surface area contributed by atoms with Gasteiger partial charge >= 0.3 is 6.18 Å². The first kappa shape index (κ1) is 17.5. The highest BCUT2D eigenvalue weighted by molar-refractivity contribution is 6.30. The molecule has 0 saturated heterocycles. The molecule has 0 aromatic heterocycles. The Hall–Kier alpha value is -2.30. The number of rotatable bonds is 3. The molecule has 3 aromatic rings. The van der Waals surface area contributed by atoms with Crippen LogP contribution in [0.4, 0.5) is 13.2 Å². The van der Waals surface area contributed by atoms with E-state index in [1.54, 1.807) is 48.5 Å². The Morgan fingerprint density at radius 1 is 0.840 bits per heavy atom. The number of hydrogen-bond donors (Lipinski definition) is 1. The van der Waals surface area contributed by atoms with Gasteiger partial charge in [-0.05, 0) is 46.5 Å². The zero-order valence-corrected chi connectivity index (χ0v) is 13.7. The van der Waals surface area contributed by atoms with Crippen LogP contribution >= 0.6 is 11.6 Å². The lowest BCUT2D eigenvalue weighted by molar-refractivity contribution is -0.137. The van der Waals surface area contributed by atoms with E-state index in [2.05, 4.69) is 0 Å². The third kappa shape index (κ3) is 3.86. The van der Waals surface area contributed by atoms with Crippen LogP contribution in [0.2, 0.25) is 5.02 Å². The van der Waals surface area contributed by atoms with Crippen LogP contribution in [0.5, 0.6) is 0 Å². The first-order chi connectivity index (χ1) is 11.9. The van der Waals surface area contributed by atoms with E-state index in [9.17, 15) is 18.3 Å². The summed E-state index contributed by atoms with van der Waals surface area (Å²) in [5, 5.41) is 11.2. The van der Waals surface area contributed by atoms with Gasteiger partial charge < -0.3 is 5.11 Å². The number of benzene rings is 3. The predicted molar refractivity (Wildman–Crippen MR) is 92.4 cm³/mol. The number of aliphatic hydroxyl groups excluding tert-OH is 1. The van der Waals surface area contributed by atoms with Crippen molar-refractivity contribution in [1.82, 2.24) is 0 Å². The van der Waals surface area contributed by atoms with E-state index in [0.717, 1.165) is 12.1 Å². The first-order valence-electron chi connectivity index (χ1n) is 7.56. The molecule has 0 aliphatic rings. The molecule has 128 valence electrons. The molecule has 0 amide bonds. The predicted octanol–water partition coefficient (Wildman–Crippen LogP) is 6.11. The average molecular weight is 363 g/mol. The molecule has 3 aromatic carbocycles. The summed E-state index contributed by atoms with van der Waals surface area (Å²) in [6.45, 7) is 0. The van der Waals surface area contributed by atoms with E-state index in [1.807, 2.05) is 6.07 Å². The van der Waals surface area contributed by atoms with Gasteiger partial charge in [0.2, 0.25) is 0 Å². The molecule has 1 nitrogen and oxygen atoms in total. The largest absolute Gasteiger partial charge is 0.416 e. The maximum Gasteiger partial charge on any atom is 0.416 e. The lowest BCUT2D eigenvalue weighted by atomic mass is 9.91. The van der Waals surface area contributed by atoms with Crippen molar-refractivity contribution in [3.63, 3.8) is 0 Å². The summed E-state index contributed by atoms with van der Waals surface area (Å²) in [4.78, 5) is 0. The van der Waals surface area contributed by atoms with Crippen molar-refractivity contribution in [1.29, 1.82) is 0 Å². The Kier molecular flexibility index (Phi) is 4.84. The Bertz CT molecular complexity index is 858. The van der Waals surface area contributed by atoms with Crippen LogP contribution in [0.15, 0.2) is 72.8 Å². The molecule has 0 radical (unpaired) electrons. The summed E-state index contributed by atoms with van der Waals surface area (Å²) in [7, 11) is 0. The van der Waals surface area contributed by atoms with Crippen LogP contribution in [0.3, 0.4) is 0 Å². The molecule has 25 heavy (non-hydrogen) atoms. The van der Waals surface area contributed by atoms with Crippen molar-refractivity contribution in [3.05, 3.63) is 94.5 Å². The molecule has 0 bridgehead atoms. The van der Waals surface area contributed by atoms with Crippen LogP contribution in [-0.4, -0.2) is 5.11 Å². The normalized spacial score (nSPS) is 12.8. The highest BCUT2D eigenvalue weighted by Gasteiger charge is 2.31. The maximum atomic E-state index is 13.1. The molecular weight excluding hydrogens is 349 g/mol. The lowest BCUT2D eigenvalue weighted by Gasteiger charge is -2.18. The van der Waals surface area contributed by atoms with E-state index in [0.29, 0.717) is 27.3 Å². The summed E-state index contributed by atoms with van der Waals surface area (Å²) in [6, 6.07) is 18.7. The fourth-order valence-corrected chi connectivity index (χ4v) is 2.79. The third-order valence-electron chi connectivity index (χ3n) is 3.95. The van der Waals surface area contributed by atoms with Gasteiger partial charge in [-0.2, -0.15) is 13.2 Å². The number of hydrogen-bond acceptors (Lipinski definition) is 1. The summed E-state index contributed by atoms with van der Waals surface area (Å²) in [5.41, 5.74) is 1.13. The van der Waals surface area contributed by atoms with Gasteiger partial charge in [0.15, 0.2) is 0 Å². The van der Waals surface area contributed by atoms with E-state index in [-0.39, 0.29) is 0 Å². The number of halogens is 4. The molecule has 0 heterocycles. The lowest BCUT2D eigenvalue weighted by Crippen LogP contribution is -2.08. The zero-order chi connectivity index (χ0) is 18.0. The fraction of sp³-hybridized carbons (Fsp3) is 0.100. The van der Waals surface area contributed by atoms with Gasteiger partial charge in [-0.25, -0.2) is 0 Å². The standard InChI is InChI=1S/C20H14ClF3O/c21-16-9-6-13(7-10-16)18-12-15(20(22,23)24)8-11-17(18)19(25)14-4-2-1-3-5-14/h1-12,19,25H. The van der Waals surface area contributed by atoms with Crippen LogP contribution < -0.4 is 0 Å². The Balaban J connectivity index is 2.16. The summed E-state index contributed by atoms with van der Waals surface area (Å²) in [5.74, 6) is 0. The van der Waals surface area contributed by atoms with Gasteiger partial charge in [-0.3, -0.25) is 0 Å². The third-order valence-corrected chi connectivity index (χ3v) is 4.20. The quantitative estimate of drug-likeness (QED) is 0.596. The molecule has 3 rings (SSSR count). The minimum absolute atomic E-state index is 0.322. The molecule has 1 atom stereocenters. The average Bonchev–Trinajstić information content (AvgIpc) is 2.61. The van der Waals surface area contributed by atoms with Crippen LogP contribution in [0.25, 0.3) is 11.1 Å². The van der Waals surface area contributed by atoms with Crippen molar-refractivity contribution in [2.24, 2.45) is 0 Å². The molecule has 1 N–H and O–H groups in total. The van der Waals surface area contributed by atoms with Crippen LogP contribution in [-0.2, 0) is 6.18 Å². The van der Waals surface area contributed by atoms with Crippen molar-refractivity contribution < 1.29 is 18.3 Å². The summed E-state index contributed by atoms with van der Waals surface area (Å²) in [6.07, 6.45) is -5.49. The van der Waals surface area contributed by atoms with Gasteiger partial charge in [-0.15, -0.1) is 0 Å². The monoisotopic (exact) mass is 362 g/mol. The summed E-state index contributed by atoms with van der Waals surface area (Å²) >= 11 is 5.87.